The predicted molar refractivity (Wildman–Crippen MR) is 82.5 cm³/mol. The smallest absolute Gasteiger partial charge is 0.0136 e. The Labute approximate surface area is 117 Å². The maximum Gasteiger partial charge on any atom is 0.0136 e. The van der Waals surface area contributed by atoms with Crippen LogP contribution in [0, 0.1) is 0 Å². The first-order valence-electron chi connectivity index (χ1n) is 7.81. The molecule has 1 fully saturated rings. The summed E-state index contributed by atoms with van der Waals surface area (Å²) in [4.78, 5) is 0. The van der Waals surface area contributed by atoms with Gasteiger partial charge in [0.05, 0.1) is 0 Å². The van der Waals surface area contributed by atoms with E-state index in [1.807, 2.05) is 6.92 Å². The largest absolute Gasteiger partial charge is 0.327 e. The second-order valence-electron chi connectivity index (χ2n) is 6.01. The van der Waals surface area contributed by atoms with Crippen molar-refractivity contribution in [3.8, 4) is 0 Å². The minimum Gasteiger partial charge on any atom is -0.327 e. The molecule has 1 atom stereocenters. The van der Waals surface area contributed by atoms with Crippen molar-refractivity contribution in [3.05, 3.63) is 35.4 Å². The van der Waals surface area contributed by atoms with E-state index in [1.165, 1.54) is 37.7 Å². The SMILES string of the molecule is CC(N)CNCCc1ccc(C2CCCCC2)cc1. The van der Waals surface area contributed by atoms with Gasteiger partial charge in [-0.15, -0.1) is 0 Å². The summed E-state index contributed by atoms with van der Waals surface area (Å²) in [5, 5.41) is 3.39. The van der Waals surface area contributed by atoms with Gasteiger partial charge in [-0.3, -0.25) is 0 Å². The second kappa shape index (κ2) is 7.66. The van der Waals surface area contributed by atoms with E-state index in [1.54, 1.807) is 5.56 Å². The van der Waals surface area contributed by atoms with Crippen LogP contribution in [0.15, 0.2) is 24.3 Å². The zero-order chi connectivity index (χ0) is 13.5. The van der Waals surface area contributed by atoms with Crippen LogP contribution in [0.25, 0.3) is 0 Å². The molecule has 0 aliphatic heterocycles. The van der Waals surface area contributed by atoms with Gasteiger partial charge in [0.2, 0.25) is 0 Å². The van der Waals surface area contributed by atoms with Gasteiger partial charge in [0.15, 0.2) is 0 Å². The fourth-order valence-corrected chi connectivity index (χ4v) is 2.95. The van der Waals surface area contributed by atoms with E-state index in [9.17, 15) is 0 Å². The summed E-state index contributed by atoms with van der Waals surface area (Å²) in [6.07, 6.45) is 8.11. The van der Waals surface area contributed by atoms with Crippen LogP contribution in [-0.2, 0) is 6.42 Å². The van der Waals surface area contributed by atoms with Gasteiger partial charge in [0.25, 0.3) is 0 Å². The highest BCUT2D eigenvalue weighted by Crippen LogP contribution is 2.32. The van der Waals surface area contributed by atoms with Crippen molar-refractivity contribution in [1.82, 2.24) is 5.32 Å². The molecule has 1 aromatic rings. The average Bonchev–Trinajstić information content (AvgIpc) is 2.45. The molecule has 1 unspecified atom stereocenters. The molecule has 19 heavy (non-hydrogen) atoms. The molecule has 106 valence electrons. The summed E-state index contributed by atoms with van der Waals surface area (Å²) >= 11 is 0. The van der Waals surface area contributed by atoms with Gasteiger partial charge in [-0.25, -0.2) is 0 Å². The standard InChI is InChI=1S/C17H28N2/c1-14(18)13-19-12-11-15-7-9-17(10-8-15)16-5-3-2-4-6-16/h7-10,14,16,19H,2-6,11-13,18H2,1H3. The van der Waals surface area contributed by atoms with Crippen LogP contribution in [0.3, 0.4) is 0 Å². The quantitative estimate of drug-likeness (QED) is 0.771. The lowest BCUT2D eigenvalue weighted by Gasteiger charge is -2.22. The molecule has 0 heterocycles. The lowest BCUT2D eigenvalue weighted by Crippen LogP contribution is -2.32. The molecule has 1 aliphatic carbocycles. The monoisotopic (exact) mass is 260 g/mol. The molecule has 0 saturated heterocycles. The Bertz CT molecular complexity index is 350. The first kappa shape index (κ1) is 14.5. The van der Waals surface area contributed by atoms with E-state index >= 15 is 0 Å². The van der Waals surface area contributed by atoms with E-state index in [-0.39, 0.29) is 6.04 Å². The summed E-state index contributed by atoms with van der Waals surface area (Å²) in [5.74, 6) is 0.819. The van der Waals surface area contributed by atoms with Crippen molar-refractivity contribution in [3.63, 3.8) is 0 Å². The van der Waals surface area contributed by atoms with Crippen LogP contribution in [0.1, 0.15) is 56.1 Å². The van der Waals surface area contributed by atoms with Crippen molar-refractivity contribution in [2.45, 2.75) is 57.4 Å². The van der Waals surface area contributed by atoms with Gasteiger partial charge >= 0.3 is 0 Å². The third-order valence-corrected chi connectivity index (χ3v) is 4.11. The summed E-state index contributed by atoms with van der Waals surface area (Å²) in [5.41, 5.74) is 8.69. The topological polar surface area (TPSA) is 38.0 Å². The molecular weight excluding hydrogens is 232 g/mol. The van der Waals surface area contributed by atoms with Crippen LogP contribution < -0.4 is 11.1 Å². The number of nitrogens with one attached hydrogen (secondary N) is 1. The highest BCUT2D eigenvalue weighted by atomic mass is 14.9. The van der Waals surface area contributed by atoms with Gasteiger partial charge in [0.1, 0.15) is 0 Å². The Morgan fingerprint density at radius 1 is 1.16 bits per heavy atom. The van der Waals surface area contributed by atoms with Crippen LogP contribution >= 0.6 is 0 Å². The summed E-state index contributed by atoms with van der Waals surface area (Å²) in [7, 11) is 0. The number of benzene rings is 1. The van der Waals surface area contributed by atoms with Crippen molar-refractivity contribution in [2.24, 2.45) is 5.73 Å². The van der Waals surface area contributed by atoms with E-state index in [0.717, 1.165) is 25.4 Å². The molecule has 3 N–H and O–H groups in total. The molecule has 1 saturated carbocycles. The Hall–Kier alpha value is -0.860. The first-order valence-corrected chi connectivity index (χ1v) is 7.81. The van der Waals surface area contributed by atoms with Gasteiger partial charge in [-0.2, -0.15) is 0 Å². The van der Waals surface area contributed by atoms with E-state index in [4.69, 9.17) is 5.73 Å². The minimum absolute atomic E-state index is 0.244. The van der Waals surface area contributed by atoms with Gasteiger partial charge < -0.3 is 11.1 Å². The zero-order valence-corrected chi connectivity index (χ0v) is 12.2. The van der Waals surface area contributed by atoms with E-state index in [2.05, 4.69) is 29.6 Å². The summed E-state index contributed by atoms with van der Waals surface area (Å²) < 4.78 is 0. The van der Waals surface area contributed by atoms with Crippen LogP contribution in [0.2, 0.25) is 0 Å². The lowest BCUT2D eigenvalue weighted by atomic mass is 9.84. The average molecular weight is 260 g/mol. The maximum absolute atomic E-state index is 5.71. The molecule has 0 bridgehead atoms. The minimum atomic E-state index is 0.244. The third-order valence-electron chi connectivity index (χ3n) is 4.11. The summed E-state index contributed by atoms with van der Waals surface area (Å²) in [6.45, 7) is 3.95. The molecule has 2 rings (SSSR count). The molecule has 2 heteroatoms. The third kappa shape index (κ3) is 4.96. The van der Waals surface area contributed by atoms with E-state index < -0.39 is 0 Å². The van der Waals surface area contributed by atoms with Crippen LogP contribution in [0.5, 0.6) is 0 Å². The zero-order valence-electron chi connectivity index (χ0n) is 12.2. The van der Waals surface area contributed by atoms with Gasteiger partial charge in [-0.05, 0) is 49.8 Å². The molecule has 2 nitrogen and oxygen atoms in total. The van der Waals surface area contributed by atoms with Crippen molar-refractivity contribution < 1.29 is 0 Å². The maximum atomic E-state index is 5.71. The molecular formula is C17H28N2. The Kier molecular flexibility index (Phi) is 5.87. The molecule has 0 aromatic heterocycles. The van der Waals surface area contributed by atoms with Crippen LogP contribution in [-0.4, -0.2) is 19.1 Å². The number of hydrogen-bond acceptors (Lipinski definition) is 2. The van der Waals surface area contributed by atoms with E-state index in [0.29, 0.717) is 0 Å². The first-order chi connectivity index (χ1) is 9.25. The number of nitrogens with two attached hydrogens (primary N) is 1. The molecule has 0 spiro atoms. The van der Waals surface area contributed by atoms with Crippen molar-refractivity contribution >= 4 is 0 Å². The normalized spacial score (nSPS) is 18.4. The second-order valence-corrected chi connectivity index (χ2v) is 6.01. The molecule has 0 amide bonds. The van der Waals surface area contributed by atoms with Crippen molar-refractivity contribution in [1.29, 1.82) is 0 Å². The fraction of sp³-hybridized carbons (Fsp3) is 0.647. The van der Waals surface area contributed by atoms with Crippen LogP contribution in [0.4, 0.5) is 0 Å². The Morgan fingerprint density at radius 3 is 2.47 bits per heavy atom. The number of hydrogen-bond donors (Lipinski definition) is 2. The highest BCUT2D eigenvalue weighted by molar-refractivity contribution is 5.26. The molecule has 1 aliphatic rings. The Morgan fingerprint density at radius 2 is 1.84 bits per heavy atom. The Balaban J connectivity index is 1.77. The predicted octanol–water partition coefficient (Wildman–Crippen LogP) is 3.21. The van der Waals surface area contributed by atoms with Crippen molar-refractivity contribution in [2.75, 3.05) is 13.1 Å². The fourth-order valence-electron chi connectivity index (χ4n) is 2.95. The summed E-state index contributed by atoms with van der Waals surface area (Å²) in [6, 6.07) is 9.54. The molecule has 0 radical (unpaired) electrons. The number of rotatable bonds is 6. The molecule has 1 aromatic carbocycles. The van der Waals surface area contributed by atoms with Gasteiger partial charge in [0, 0.05) is 12.6 Å². The highest BCUT2D eigenvalue weighted by Gasteiger charge is 2.14. The van der Waals surface area contributed by atoms with Gasteiger partial charge in [-0.1, -0.05) is 43.5 Å². The lowest BCUT2D eigenvalue weighted by molar-refractivity contribution is 0.443.